The summed E-state index contributed by atoms with van der Waals surface area (Å²) in [7, 11) is 0. The molecule has 0 radical (unpaired) electrons. The number of carbonyl (C=O) groups is 1. The normalized spacial score (nSPS) is 11.8. The van der Waals surface area contributed by atoms with Crippen LogP contribution in [0.1, 0.15) is 37.9 Å². The van der Waals surface area contributed by atoms with Gasteiger partial charge in [-0.05, 0) is 36.6 Å². The van der Waals surface area contributed by atoms with E-state index in [9.17, 15) is 18.0 Å². The predicted octanol–water partition coefficient (Wildman–Crippen LogP) is 3.69. The number of nitrogens with one attached hydrogen (secondary N) is 1. The summed E-state index contributed by atoms with van der Waals surface area (Å²) < 4.78 is 39.0. The van der Waals surface area contributed by atoms with Crippen molar-refractivity contribution in [2.45, 2.75) is 39.4 Å². The number of halogens is 4. The SMILES string of the molecule is CCC(CC)(CN)C(=O)NCc1ccc(-n2ccc(C(F)(F)F)n2)cc1.Cl. The number of hydrogen-bond donors (Lipinski definition) is 2. The van der Waals surface area contributed by atoms with Crippen molar-refractivity contribution in [3.63, 3.8) is 0 Å². The fraction of sp³-hybridized carbons (Fsp3) is 0.444. The summed E-state index contributed by atoms with van der Waals surface area (Å²) in [6.07, 6.45) is -1.89. The third-order valence-corrected chi connectivity index (χ3v) is 4.76. The summed E-state index contributed by atoms with van der Waals surface area (Å²) in [6.45, 7) is 4.48. The molecule has 2 rings (SSSR count). The van der Waals surface area contributed by atoms with Gasteiger partial charge in [-0.3, -0.25) is 4.79 Å². The standard InChI is InChI=1S/C18H23F3N4O.ClH/c1-3-17(4-2,12-22)16(26)23-11-13-5-7-14(8-6-13)25-10-9-15(24-25)18(19,20)21;/h5-10H,3-4,11-12,22H2,1-2H3,(H,23,26);1H. The molecule has 0 spiro atoms. The number of carbonyl (C=O) groups excluding carboxylic acids is 1. The second kappa shape index (κ2) is 9.23. The zero-order valence-electron chi connectivity index (χ0n) is 15.2. The molecule has 1 aromatic carbocycles. The van der Waals surface area contributed by atoms with Gasteiger partial charge in [0.1, 0.15) is 0 Å². The Morgan fingerprint density at radius 2 is 1.74 bits per heavy atom. The lowest BCUT2D eigenvalue weighted by Crippen LogP contribution is -2.45. The monoisotopic (exact) mass is 404 g/mol. The minimum Gasteiger partial charge on any atom is -0.352 e. The average Bonchev–Trinajstić information content (AvgIpc) is 3.13. The van der Waals surface area contributed by atoms with Crippen LogP contribution in [-0.2, 0) is 17.5 Å². The number of amides is 1. The maximum atomic E-state index is 12.6. The van der Waals surface area contributed by atoms with Crippen LogP contribution in [0.3, 0.4) is 0 Å². The predicted molar refractivity (Wildman–Crippen MR) is 99.7 cm³/mol. The summed E-state index contributed by atoms with van der Waals surface area (Å²) in [6, 6.07) is 7.73. The maximum Gasteiger partial charge on any atom is 0.435 e. The van der Waals surface area contributed by atoms with Crippen LogP contribution in [0.2, 0.25) is 0 Å². The van der Waals surface area contributed by atoms with Crippen molar-refractivity contribution < 1.29 is 18.0 Å². The second-order valence-corrected chi connectivity index (χ2v) is 6.18. The Labute approximate surface area is 162 Å². The molecule has 9 heteroatoms. The van der Waals surface area contributed by atoms with Gasteiger partial charge in [0.15, 0.2) is 5.69 Å². The Balaban J connectivity index is 0.00000364. The van der Waals surface area contributed by atoms with Gasteiger partial charge in [0.05, 0.1) is 11.1 Å². The summed E-state index contributed by atoms with van der Waals surface area (Å²) in [5.74, 6) is -0.0871. The highest BCUT2D eigenvalue weighted by atomic mass is 35.5. The van der Waals surface area contributed by atoms with Gasteiger partial charge in [0, 0.05) is 19.3 Å². The van der Waals surface area contributed by atoms with Gasteiger partial charge >= 0.3 is 6.18 Å². The van der Waals surface area contributed by atoms with E-state index in [2.05, 4.69) is 10.4 Å². The highest BCUT2D eigenvalue weighted by Crippen LogP contribution is 2.28. The maximum absolute atomic E-state index is 12.6. The topological polar surface area (TPSA) is 72.9 Å². The minimum absolute atomic E-state index is 0. The van der Waals surface area contributed by atoms with E-state index >= 15 is 0 Å². The second-order valence-electron chi connectivity index (χ2n) is 6.18. The fourth-order valence-corrected chi connectivity index (χ4v) is 2.71. The smallest absolute Gasteiger partial charge is 0.352 e. The molecule has 1 aromatic heterocycles. The molecule has 27 heavy (non-hydrogen) atoms. The third kappa shape index (κ3) is 5.23. The van der Waals surface area contributed by atoms with Crippen LogP contribution in [0.4, 0.5) is 13.2 Å². The molecule has 0 aliphatic rings. The fourth-order valence-electron chi connectivity index (χ4n) is 2.71. The number of aromatic nitrogens is 2. The Hall–Kier alpha value is -2.06. The highest BCUT2D eigenvalue weighted by molar-refractivity contribution is 5.85. The van der Waals surface area contributed by atoms with Gasteiger partial charge < -0.3 is 11.1 Å². The quantitative estimate of drug-likeness (QED) is 0.739. The van der Waals surface area contributed by atoms with Crippen molar-refractivity contribution in [3.05, 3.63) is 47.8 Å². The first kappa shape index (κ1) is 23.0. The first-order valence-electron chi connectivity index (χ1n) is 8.46. The van der Waals surface area contributed by atoms with E-state index in [-0.39, 0.29) is 24.9 Å². The Morgan fingerprint density at radius 1 is 1.15 bits per heavy atom. The number of rotatable bonds is 7. The number of hydrogen-bond acceptors (Lipinski definition) is 3. The van der Waals surface area contributed by atoms with E-state index in [1.54, 1.807) is 24.3 Å². The van der Waals surface area contributed by atoms with E-state index in [1.807, 2.05) is 13.8 Å². The lowest BCUT2D eigenvalue weighted by molar-refractivity contribution is -0.141. The van der Waals surface area contributed by atoms with E-state index in [1.165, 1.54) is 10.9 Å². The molecular formula is C18H24ClF3N4O. The Bertz CT molecular complexity index is 732. The van der Waals surface area contributed by atoms with Gasteiger partial charge in [-0.15, -0.1) is 12.4 Å². The molecule has 5 nitrogen and oxygen atoms in total. The molecule has 3 N–H and O–H groups in total. The molecule has 0 bridgehead atoms. The zero-order valence-corrected chi connectivity index (χ0v) is 16.0. The first-order chi connectivity index (χ1) is 12.3. The van der Waals surface area contributed by atoms with Crippen molar-refractivity contribution in [1.29, 1.82) is 0 Å². The van der Waals surface area contributed by atoms with Gasteiger partial charge in [0.25, 0.3) is 0 Å². The van der Waals surface area contributed by atoms with Crippen molar-refractivity contribution in [2.75, 3.05) is 6.54 Å². The molecule has 150 valence electrons. The third-order valence-electron chi connectivity index (χ3n) is 4.76. The highest BCUT2D eigenvalue weighted by Gasteiger charge is 2.34. The molecule has 0 atom stereocenters. The van der Waals surface area contributed by atoms with Crippen LogP contribution in [0.15, 0.2) is 36.5 Å². The van der Waals surface area contributed by atoms with Crippen LogP contribution < -0.4 is 11.1 Å². The molecule has 0 saturated heterocycles. The Kier molecular flexibility index (Phi) is 7.86. The van der Waals surface area contributed by atoms with Crippen LogP contribution in [0, 0.1) is 5.41 Å². The average molecular weight is 405 g/mol. The summed E-state index contributed by atoms with van der Waals surface area (Å²) in [5, 5.41) is 6.41. The lowest BCUT2D eigenvalue weighted by Gasteiger charge is -2.28. The number of nitrogens with two attached hydrogens (primary N) is 1. The van der Waals surface area contributed by atoms with Crippen molar-refractivity contribution >= 4 is 18.3 Å². The number of alkyl halides is 3. The van der Waals surface area contributed by atoms with Gasteiger partial charge in [-0.1, -0.05) is 26.0 Å². The molecule has 2 aromatic rings. The van der Waals surface area contributed by atoms with Crippen LogP contribution in [0.5, 0.6) is 0 Å². The van der Waals surface area contributed by atoms with E-state index in [0.29, 0.717) is 25.1 Å². The molecule has 0 unspecified atom stereocenters. The minimum atomic E-state index is -4.47. The first-order valence-corrected chi connectivity index (χ1v) is 8.46. The molecular weight excluding hydrogens is 381 g/mol. The number of nitrogens with zero attached hydrogens (tertiary/aromatic N) is 2. The largest absolute Gasteiger partial charge is 0.435 e. The van der Waals surface area contributed by atoms with Crippen molar-refractivity contribution in [2.24, 2.45) is 11.1 Å². The molecule has 0 aliphatic heterocycles. The lowest BCUT2D eigenvalue weighted by atomic mass is 9.81. The van der Waals surface area contributed by atoms with Crippen LogP contribution >= 0.6 is 12.4 Å². The molecule has 1 heterocycles. The van der Waals surface area contributed by atoms with E-state index in [0.717, 1.165) is 11.6 Å². The Morgan fingerprint density at radius 3 is 2.19 bits per heavy atom. The molecule has 1 amide bonds. The zero-order chi connectivity index (χ0) is 19.4. The van der Waals surface area contributed by atoms with Crippen molar-refractivity contribution in [1.82, 2.24) is 15.1 Å². The van der Waals surface area contributed by atoms with Gasteiger partial charge in [-0.25, -0.2) is 4.68 Å². The number of benzene rings is 1. The van der Waals surface area contributed by atoms with E-state index < -0.39 is 17.3 Å². The van der Waals surface area contributed by atoms with Crippen LogP contribution in [-0.4, -0.2) is 22.2 Å². The summed E-state index contributed by atoms with van der Waals surface area (Å²) in [5.41, 5.74) is 5.60. The summed E-state index contributed by atoms with van der Waals surface area (Å²) in [4.78, 5) is 12.4. The van der Waals surface area contributed by atoms with Crippen molar-refractivity contribution in [3.8, 4) is 5.69 Å². The van der Waals surface area contributed by atoms with Gasteiger partial charge in [0.2, 0.25) is 5.91 Å². The van der Waals surface area contributed by atoms with Crippen LogP contribution in [0.25, 0.3) is 5.69 Å². The molecule has 0 fully saturated rings. The molecule has 0 saturated carbocycles. The van der Waals surface area contributed by atoms with Gasteiger partial charge in [-0.2, -0.15) is 18.3 Å². The molecule has 0 aliphatic carbocycles. The summed E-state index contributed by atoms with van der Waals surface area (Å²) >= 11 is 0. The van der Waals surface area contributed by atoms with E-state index in [4.69, 9.17) is 5.73 Å².